The molecule has 25 heavy (non-hydrogen) atoms. The predicted octanol–water partition coefficient (Wildman–Crippen LogP) is 3.26. The molecule has 0 N–H and O–H groups in total. The Kier molecular flexibility index (Phi) is 8.12. The van der Waals surface area contributed by atoms with Crippen LogP contribution in [0.1, 0.15) is 41.5 Å². The summed E-state index contributed by atoms with van der Waals surface area (Å²) in [5.74, 6) is -0.366. The van der Waals surface area contributed by atoms with Crippen molar-refractivity contribution < 1.29 is 23.6 Å². The normalized spacial score (nSPS) is 14.0. The predicted molar refractivity (Wildman–Crippen MR) is 101 cm³/mol. The highest BCUT2D eigenvalue weighted by molar-refractivity contribution is 6.74. The van der Waals surface area contributed by atoms with Crippen LogP contribution in [0.25, 0.3) is 0 Å². The number of hydrogen-bond acceptors (Lipinski definition) is 5. The number of carbonyl (C=O) groups is 2. The monoisotopic (exact) mass is 376 g/mol. The average molecular weight is 377 g/mol. The summed E-state index contributed by atoms with van der Waals surface area (Å²) in [5.41, 5.74) is -0.646. The lowest BCUT2D eigenvalue weighted by atomic mass is 10.2. The zero-order valence-electron chi connectivity index (χ0n) is 17.7. The van der Waals surface area contributed by atoms with Crippen molar-refractivity contribution in [3.05, 3.63) is 0 Å². The van der Waals surface area contributed by atoms with Crippen molar-refractivity contribution in [2.45, 2.75) is 71.3 Å². The third kappa shape index (κ3) is 7.33. The fourth-order valence-electron chi connectivity index (χ4n) is 1.61. The van der Waals surface area contributed by atoms with Gasteiger partial charge in [0, 0.05) is 14.1 Å². The van der Waals surface area contributed by atoms with Crippen LogP contribution in [0.3, 0.4) is 0 Å². The molecule has 0 saturated heterocycles. The first-order valence-electron chi connectivity index (χ1n) is 8.45. The molecule has 2 amide bonds. The summed E-state index contributed by atoms with van der Waals surface area (Å²) in [7, 11) is 2.37. The summed E-state index contributed by atoms with van der Waals surface area (Å²) < 4.78 is 11.5. The van der Waals surface area contributed by atoms with Crippen LogP contribution < -0.4 is 0 Å². The van der Waals surface area contributed by atoms with Gasteiger partial charge in [0.25, 0.3) is 5.91 Å². The van der Waals surface area contributed by atoms with Crippen LogP contribution in [0.15, 0.2) is 0 Å². The first kappa shape index (κ1) is 23.9. The third-order valence-electron chi connectivity index (χ3n) is 4.43. The Hall–Kier alpha value is -1.12. The molecule has 0 aliphatic rings. The van der Waals surface area contributed by atoms with Crippen molar-refractivity contribution in [1.82, 2.24) is 9.96 Å². The number of amides is 2. The number of likely N-dealkylation sites (N-methyl/N-ethyl adjacent to an activating group) is 2. The maximum Gasteiger partial charge on any atom is 0.410 e. The highest BCUT2D eigenvalue weighted by Gasteiger charge is 2.40. The molecule has 0 aliphatic carbocycles. The lowest BCUT2D eigenvalue weighted by Gasteiger charge is -2.38. The molecule has 0 aromatic carbocycles. The number of nitrogens with zero attached hydrogens (tertiary/aromatic N) is 2. The van der Waals surface area contributed by atoms with Gasteiger partial charge >= 0.3 is 6.09 Å². The minimum atomic E-state index is -2.08. The minimum absolute atomic E-state index is 0.00174. The third-order valence-corrected chi connectivity index (χ3v) is 8.93. The van der Waals surface area contributed by atoms with E-state index >= 15 is 0 Å². The van der Waals surface area contributed by atoms with Gasteiger partial charge in [-0.05, 0) is 38.9 Å². The summed E-state index contributed by atoms with van der Waals surface area (Å²) in [5, 5.41) is 1.10. The fraction of sp³-hybridized carbons (Fsp3) is 0.882. The van der Waals surface area contributed by atoms with E-state index in [-0.39, 0.29) is 17.6 Å². The van der Waals surface area contributed by atoms with Crippen LogP contribution >= 0.6 is 0 Å². The zero-order valence-corrected chi connectivity index (χ0v) is 18.7. The summed E-state index contributed by atoms with van der Waals surface area (Å²) >= 11 is 0. The summed E-state index contributed by atoms with van der Waals surface area (Å²) in [6.45, 7) is 16.0. The molecule has 0 aromatic heterocycles. The van der Waals surface area contributed by atoms with E-state index < -0.39 is 26.1 Å². The van der Waals surface area contributed by atoms with Crippen molar-refractivity contribution in [2.75, 3.05) is 27.8 Å². The summed E-state index contributed by atoms with van der Waals surface area (Å²) in [4.78, 5) is 31.3. The molecule has 0 aliphatic heterocycles. The Balaban J connectivity index is 5.37. The van der Waals surface area contributed by atoms with Crippen LogP contribution in [0, 0.1) is 0 Å². The summed E-state index contributed by atoms with van der Waals surface area (Å²) in [6, 6.07) is -0.825. The maximum atomic E-state index is 12.6. The highest BCUT2D eigenvalue weighted by atomic mass is 28.4. The maximum absolute atomic E-state index is 12.6. The number of hydroxylamine groups is 2. The van der Waals surface area contributed by atoms with Crippen molar-refractivity contribution in [3.8, 4) is 0 Å². The van der Waals surface area contributed by atoms with Gasteiger partial charge in [-0.3, -0.25) is 14.5 Å². The second-order valence-electron chi connectivity index (χ2n) is 8.70. The zero-order chi connectivity index (χ0) is 20.2. The Morgan fingerprint density at radius 3 is 1.88 bits per heavy atom. The largest absolute Gasteiger partial charge is 0.444 e. The van der Waals surface area contributed by atoms with Crippen molar-refractivity contribution in [1.29, 1.82) is 0 Å². The van der Waals surface area contributed by atoms with Crippen molar-refractivity contribution >= 4 is 20.3 Å². The van der Waals surface area contributed by atoms with E-state index in [4.69, 9.17) is 14.0 Å². The molecule has 8 heteroatoms. The molecule has 0 aromatic rings. The van der Waals surface area contributed by atoms with Gasteiger partial charge in [0.15, 0.2) is 8.32 Å². The molecular weight excluding hydrogens is 340 g/mol. The van der Waals surface area contributed by atoms with Gasteiger partial charge in [-0.15, -0.1) is 0 Å². The molecule has 0 saturated carbocycles. The molecule has 0 rings (SSSR count). The Bertz CT molecular complexity index is 469. The van der Waals surface area contributed by atoms with Gasteiger partial charge in [0.2, 0.25) is 0 Å². The first-order chi connectivity index (χ1) is 11.0. The fourth-order valence-corrected chi connectivity index (χ4v) is 2.62. The van der Waals surface area contributed by atoms with Gasteiger partial charge in [0.1, 0.15) is 11.6 Å². The van der Waals surface area contributed by atoms with E-state index in [1.807, 2.05) is 0 Å². The van der Waals surface area contributed by atoms with E-state index in [1.54, 1.807) is 20.8 Å². The molecular formula is C17H36N2O5Si. The van der Waals surface area contributed by atoms with E-state index in [1.165, 1.54) is 26.1 Å². The quantitative estimate of drug-likeness (QED) is 0.526. The van der Waals surface area contributed by atoms with E-state index in [2.05, 4.69) is 33.9 Å². The Morgan fingerprint density at radius 2 is 1.52 bits per heavy atom. The average Bonchev–Trinajstić information content (AvgIpc) is 2.42. The number of hydrogen-bond donors (Lipinski definition) is 0. The molecule has 0 bridgehead atoms. The Labute approximate surface area is 153 Å². The standard InChI is InChI=1S/C17H36N2O5Si/c1-16(2,3)24-15(21)18(7)13(14(20)19(8)22-9)12-23-25(10,11)17(4,5)6/h13H,12H2,1-11H3. The van der Waals surface area contributed by atoms with Gasteiger partial charge in [-0.1, -0.05) is 20.8 Å². The van der Waals surface area contributed by atoms with E-state index in [0.29, 0.717) is 0 Å². The van der Waals surface area contributed by atoms with Crippen LogP contribution in [0.4, 0.5) is 4.79 Å². The molecule has 0 spiro atoms. The van der Waals surface area contributed by atoms with Crippen molar-refractivity contribution in [2.24, 2.45) is 0 Å². The van der Waals surface area contributed by atoms with Crippen LogP contribution in [-0.2, 0) is 18.8 Å². The molecule has 0 radical (unpaired) electrons. The van der Waals surface area contributed by atoms with Gasteiger partial charge in [-0.25, -0.2) is 9.86 Å². The highest BCUT2D eigenvalue weighted by Crippen LogP contribution is 2.36. The minimum Gasteiger partial charge on any atom is -0.444 e. The molecule has 148 valence electrons. The van der Waals surface area contributed by atoms with E-state index in [0.717, 1.165) is 5.06 Å². The van der Waals surface area contributed by atoms with Gasteiger partial charge in [-0.2, -0.15) is 0 Å². The van der Waals surface area contributed by atoms with Crippen LogP contribution in [0.2, 0.25) is 18.1 Å². The molecule has 0 heterocycles. The topological polar surface area (TPSA) is 68.3 Å². The first-order valence-corrected chi connectivity index (χ1v) is 11.4. The van der Waals surface area contributed by atoms with Crippen LogP contribution in [-0.4, -0.2) is 69.7 Å². The number of rotatable bonds is 6. The van der Waals surface area contributed by atoms with Crippen molar-refractivity contribution in [3.63, 3.8) is 0 Å². The Morgan fingerprint density at radius 1 is 1.04 bits per heavy atom. The number of carbonyl (C=O) groups excluding carboxylic acids is 2. The second kappa shape index (κ2) is 8.51. The van der Waals surface area contributed by atoms with E-state index in [9.17, 15) is 9.59 Å². The summed E-state index contributed by atoms with van der Waals surface area (Å²) in [6.07, 6.45) is -0.575. The lowest BCUT2D eigenvalue weighted by Crippen LogP contribution is -2.54. The molecule has 1 unspecified atom stereocenters. The lowest BCUT2D eigenvalue weighted by molar-refractivity contribution is -0.175. The second-order valence-corrected chi connectivity index (χ2v) is 13.5. The SMILES string of the molecule is CON(C)C(=O)C(CO[Si](C)(C)C(C)(C)C)N(C)C(=O)OC(C)(C)C. The molecule has 1 atom stereocenters. The number of ether oxygens (including phenoxy) is 1. The van der Waals surface area contributed by atoms with Gasteiger partial charge in [0.05, 0.1) is 13.7 Å². The molecule has 0 fully saturated rings. The van der Waals surface area contributed by atoms with Gasteiger partial charge < -0.3 is 9.16 Å². The molecule has 7 nitrogen and oxygen atoms in total. The smallest absolute Gasteiger partial charge is 0.410 e. The van der Waals surface area contributed by atoms with Crippen LogP contribution in [0.5, 0.6) is 0 Å².